The van der Waals surface area contributed by atoms with E-state index >= 15 is 0 Å². The van der Waals surface area contributed by atoms with Gasteiger partial charge in [0.15, 0.2) is 0 Å². The normalized spacial score (nSPS) is 10.4. The number of benzene rings is 1. The monoisotopic (exact) mass is 193 g/mol. The van der Waals surface area contributed by atoms with Crippen LogP contribution < -0.4 is 0 Å². The zero-order valence-corrected chi connectivity index (χ0v) is 7.26. The number of halogens is 1. The van der Waals surface area contributed by atoms with Crippen LogP contribution in [0.15, 0.2) is 30.9 Å². The van der Waals surface area contributed by atoms with E-state index in [1.165, 1.54) is 29.5 Å². The number of hydrogen-bond acceptors (Lipinski definition) is 3. The minimum atomic E-state index is -0.444. The molecule has 0 saturated heterocycles. The third-order valence-corrected chi connectivity index (χ3v) is 1.89. The van der Waals surface area contributed by atoms with E-state index in [1.54, 1.807) is 6.07 Å². The van der Waals surface area contributed by atoms with Crippen LogP contribution in [0.5, 0.6) is 0 Å². The van der Waals surface area contributed by atoms with Gasteiger partial charge in [0.1, 0.15) is 18.5 Å². The van der Waals surface area contributed by atoms with E-state index in [1.807, 2.05) is 0 Å². The summed E-state index contributed by atoms with van der Waals surface area (Å²) in [6.07, 6.45) is 2.85. The average molecular weight is 193 g/mol. The summed E-state index contributed by atoms with van der Waals surface area (Å²) in [4.78, 5) is 3.75. The van der Waals surface area contributed by atoms with Crippen LogP contribution >= 0.6 is 0 Å². The molecule has 1 aromatic heterocycles. The van der Waals surface area contributed by atoms with E-state index in [4.69, 9.17) is 5.11 Å². The lowest BCUT2D eigenvalue weighted by Gasteiger charge is -2.02. The maximum absolute atomic E-state index is 13.2. The maximum Gasteiger partial charge on any atom is 0.138 e. The summed E-state index contributed by atoms with van der Waals surface area (Å²) in [6, 6.07) is 4.50. The molecule has 0 aliphatic rings. The number of hydrogen-bond donors (Lipinski definition) is 1. The highest BCUT2D eigenvalue weighted by atomic mass is 19.1. The van der Waals surface area contributed by atoms with Crippen molar-refractivity contribution in [3.05, 3.63) is 42.2 Å². The first-order valence-electron chi connectivity index (χ1n) is 4.05. The molecule has 0 unspecified atom stereocenters. The van der Waals surface area contributed by atoms with Crippen molar-refractivity contribution in [2.45, 2.75) is 6.61 Å². The minimum absolute atomic E-state index is 0.272. The minimum Gasteiger partial charge on any atom is -0.392 e. The molecule has 0 fully saturated rings. The second-order valence-electron chi connectivity index (χ2n) is 2.77. The van der Waals surface area contributed by atoms with Gasteiger partial charge in [0.25, 0.3) is 0 Å². The Balaban J connectivity index is 2.43. The molecule has 2 aromatic rings. The van der Waals surface area contributed by atoms with Crippen molar-refractivity contribution in [3.8, 4) is 5.69 Å². The maximum atomic E-state index is 13.2. The Labute approximate surface area is 79.6 Å². The third-order valence-electron chi connectivity index (χ3n) is 1.89. The summed E-state index contributed by atoms with van der Waals surface area (Å²) >= 11 is 0. The zero-order chi connectivity index (χ0) is 9.97. The van der Waals surface area contributed by atoms with Crippen molar-refractivity contribution in [1.82, 2.24) is 14.8 Å². The van der Waals surface area contributed by atoms with Gasteiger partial charge in [0.2, 0.25) is 0 Å². The Morgan fingerprint density at radius 2 is 2.29 bits per heavy atom. The summed E-state index contributed by atoms with van der Waals surface area (Å²) in [7, 11) is 0. The molecule has 14 heavy (non-hydrogen) atoms. The number of aliphatic hydroxyl groups excluding tert-OH is 1. The van der Waals surface area contributed by atoms with Crippen LogP contribution in [0.3, 0.4) is 0 Å². The quantitative estimate of drug-likeness (QED) is 0.770. The molecule has 0 radical (unpaired) electrons. The molecular formula is C9H8FN3O. The fourth-order valence-electron chi connectivity index (χ4n) is 1.15. The molecule has 0 amide bonds. The highest BCUT2D eigenvalue weighted by Gasteiger charge is 2.03. The zero-order valence-electron chi connectivity index (χ0n) is 7.26. The highest BCUT2D eigenvalue weighted by Crippen LogP contribution is 2.12. The van der Waals surface area contributed by atoms with Gasteiger partial charge in [-0.2, -0.15) is 5.10 Å². The predicted molar refractivity (Wildman–Crippen MR) is 47.2 cm³/mol. The highest BCUT2D eigenvalue weighted by molar-refractivity contribution is 5.34. The van der Waals surface area contributed by atoms with Gasteiger partial charge in [-0.1, -0.05) is 6.07 Å². The van der Waals surface area contributed by atoms with E-state index in [0.29, 0.717) is 5.69 Å². The smallest absolute Gasteiger partial charge is 0.138 e. The Morgan fingerprint density at radius 1 is 1.43 bits per heavy atom. The van der Waals surface area contributed by atoms with Gasteiger partial charge < -0.3 is 5.11 Å². The molecule has 0 bridgehead atoms. The van der Waals surface area contributed by atoms with Crippen LogP contribution in [0.4, 0.5) is 4.39 Å². The lowest BCUT2D eigenvalue weighted by atomic mass is 10.2. The van der Waals surface area contributed by atoms with E-state index < -0.39 is 5.82 Å². The molecule has 0 aliphatic heterocycles. The van der Waals surface area contributed by atoms with Gasteiger partial charge in [-0.3, -0.25) is 0 Å². The molecule has 2 rings (SSSR count). The SMILES string of the molecule is OCc1ccc(-n2cncn2)cc1F. The van der Waals surface area contributed by atoms with Gasteiger partial charge in [0.05, 0.1) is 12.3 Å². The molecule has 4 nitrogen and oxygen atoms in total. The Bertz CT molecular complexity index is 428. The molecular weight excluding hydrogens is 185 g/mol. The molecule has 72 valence electrons. The third kappa shape index (κ3) is 1.49. The topological polar surface area (TPSA) is 50.9 Å². The summed E-state index contributed by atoms with van der Waals surface area (Å²) < 4.78 is 14.7. The molecule has 5 heteroatoms. The fourth-order valence-corrected chi connectivity index (χ4v) is 1.15. The van der Waals surface area contributed by atoms with Crippen LogP contribution in [0.2, 0.25) is 0 Å². The van der Waals surface area contributed by atoms with Crippen LogP contribution in [0, 0.1) is 5.82 Å². The lowest BCUT2D eigenvalue weighted by Crippen LogP contribution is -1.97. The van der Waals surface area contributed by atoms with E-state index in [-0.39, 0.29) is 12.2 Å². The molecule has 0 atom stereocenters. The van der Waals surface area contributed by atoms with Crippen molar-refractivity contribution in [1.29, 1.82) is 0 Å². The lowest BCUT2D eigenvalue weighted by molar-refractivity contribution is 0.275. The Morgan fingerprint density at radius 3 is 2.86 bits per heavy atom. The van der Waals surface area contributed by atoms with Crippen molar-refractivity contribution in [2.75, 3.05) is 0 Å². The Kier molecular flexibility index (Phi) is 2.24. The summed E-state index contributed by atoms with van der Waals surface area (Å²) in [5.74, 6) is -0.444. The second kappa shape index (κ2) is 3.55. The largest absolute Gasteiger partial charge is 0.392 e. The van der Waals surface area contributed by atoms with Crippen molar-refractivity contribution in [3.63, 3.8) is 0 Å². The van der Waals surface area contributed by atoms with Crippen LogP contribution in [0.25, 0.3) is 5.69 Å². The first kappa shape index (κ1) is 8.83. The average Bonchev–Trinajstić information content (AvgIpc) is 2.70. The number of aromatic nitrogens is 3. The first-order chi connectivity index (χ1) is 6.81. The van der Waals surface area contributed by atoms with Crippen LogP contribution in [-0.4, -0.2) is 19.9 Å². The van der Waals surface area contributed by atoms with Crippen LogP contribution in [0.1, 0.15) is 5.56 Å². The molecule has 0 saturated carbocycles. The van der Waals surface area contributed by atoms with Crippen molar-refractivity contribution >= 4 is 0 Å². The Hall–Kier alpha value is -1.75. The van der Waals surface area contributed by atoms with Crippen LogP contribution in [-0.2, 0) is 6.61 Å². The molecule has 0 aliphatic carbocycles. The fraction of sp³-hybridized carbons (Fsp3) is 0.111. The molecule has 1 heterocycles. The second-order valence-corrected chi connectivity index (χ2v) is 2.77. The first-order valence-corrected chi connectivity index (χ1v) is 4.05. The number of nitrogens with zero attached hydrogens (tertiary/aromatic N) is 3. The summed E-state index contributed by atoms with van der Waals surface area (Å²) in [5, 5.41) is 12.6. The standard InChI is InChI=1S/C9H8FN3O/c10-9-3-8(2-1-7(9)4-14)13-6-11-5-12-13/h1-3,5-6,14H,4H2. The van der Waals surface area contributed by atoms with E-state index in [9.17, 15) is 4.39 Å². The van der Waals surface area contributed by atoms with Gasteiger partial charge >= 0.3 is 0 Å². The summed E-state index contributed by atoms with van der Waals surface area (Å²) in [5.41, 5.74) is 0.853. The molecule has 1 N–H and O–H groups in total. The van der Waals surface area contributed by atoms with E-state index in [0.717, 1.165) is 0 Å². The predicted octanol–water partition coefficient (Wildman–Crippen LogP) is 0.899. The number of rotatable bonds is 2. The summed E-state index contributed by atoms with van der Waals surface area (Å²) in [6.45, 7) is -0.302. The van der Waals surface area contributed by atoms with Gasteiger partial charge in [0, 0.05) is 5.56 Å². The van der Waals surface area contributed by atoms with Gasteiger partial charge in [-0.15, -0.1) is 0 Å². The molecule has 0 spiro atoms. The van der Waals surface area contributed by atoms with Crippen molar-refractivity contribution < 1.29 is 9.50 Å². The van der Waals surface area contributed by atoms with Gasteiger partial charge in [-0.05, 0) is 12.1 Å². The van der Waals surface area contributed by atoms with Gasteiger partial charge in [-0.25, -0.2) is 14.1 Å². The molecule has 1 aromatic carbocycles. The van der Waals surface area contributed by atoms with E-state index in [2.05, 4.69) is 10.1 Å². The number of aliphatic hydroxyl groups is 1. The van der Waals surface area contributed by atoms with Crippen molar-refractivity contribution in [2.24, 2.45) is 0 Å².